The molecular formula is C17H27F3N2O4. The summed E-state index contributed by atoms with van der Waals surface area (Å²) in [5.41, 5.74) is -1.62. The van der Waals surface area contributed by atoms with Crippen LogP contribution in [0.25, 0.3) is 0 Å². The maximum atomic E-state index is 12.5. The first kappa shape index (κ1) is 20.8. The van der Waals surface area contributed by atoms with Crippen molar-refractivity contribution in [3.63, 3.8) is 0 Å². The van der Waals surface area contributed by atoms with Crippen molar-refractivity contribution in [3.05, 3.63) is 0 Å². The number of amides is 2. The van der Waals surface area contributed by atoms with Crippen LogP contribution in [0.15, 0.2) is 0 Å². The summed E-state index contributed by atoms with van der Waals surface area (Å²) >= 11 is 0. The summed E-state index contributed by atoms with van der Waals surface area (Å²) in [6.45, 7) is 5.99. The van der Waals surface area contributed by atoms with E-state index in [2.05, 4.69) is 0 Å². The van der Waals surface area contributed by atoms with Crippen LogP contribution < -0.4 is 0 Å². The zero-order chi connectivity index (χ0) is 19.8. The van der Waals surface area contributed by atoms with Crippen molar-refractivity contribution in [3.8, 4) is 0 Å². The molecule has 0 bridgehead atoms. The number of hydrogen-bond donors (Lipinski definition) is 1. The average molecular weight is 380 g/mol. The second kappa shape index (κ2) is 7.25. The Morgan fingerprint density at radius 1 is 1.00 bits per heavy atom. The summed E-state index contributed by atoms with van der Waals surface area (Å²) in [5.74, 6) is -2.00. The van der Waals surface area contributed by atoms with Gasteiger partial charge in [-0.15, -0.1) is 0 Å². The fourth-order valence-electron chi connectivity index (χ4n) is 3.61. The predicted octanol–water partition coefficient (Wildman–Crippen LogP) is 2.55. The molecule has 0 unspecified atom stereocenters. The van der Waals surface area contributed by atoms with Crippen LogP contribution in [0.2, 0.25) is 0 Å². The van der Waals surface area contributed by atoms with Crippen LogP contribution in [-0.4, -0.2) is 70.5 Å². The van der Waals surface area contributed by atoms with Crippen molar-refractivity contribution in [2.45, 2.75) is 63.8 Å². The molecule has 150 valence electrons. The lowest BCUT2D eigenvalue weighted by atomic mass is 9.75. The van der Waals surface area contributed by atoms with E-state index in [0.29, 0.717) is 38.8 Å². The normalized spacial score (nSPS) is 22.3. The number of nitrogens with zero attached hydrogens (tertiary/aromatic N) is 2. The van der Waals surface area contributed by atoms with Crippen LogP contribution in [-0.2, 0) is 9.53 Å². The second-order valence-electron chi connectivity index (χ2n) is 8.14. The molecule has 6 nitrogen and oxygen atoms in total. The lowest BCUT2D eigenvalue weighted by Gasteiger charge is -2.45. The molecule has 2 aliphatic rings. The van der Waals surface area contributed by atoms with E-state index in [1.54, 1.807) is 25.7 Å². The zero-order valence-corrected chi connectivity index (χ0v) is 15.4. The van der Waals surface area contributed by atoms with Gasteiger partial charge in [0.2, 0.25) is 0 Å². The highest BCUT2D eigenvalue weighted by Crippen LogP contribution is 2.37. The maximum Gasteiger partial charge on any atom is 0.471 e. The van der Waals surface area contributed by atoms with Gasteiger partial charge in [-0.2, -0.15) is 13.2 Å². The summed E-state index contributed by atoms with van der Waals surface area (Å²) < 4.78 is 42.8. The number of carbonyl (C=O) groups excluding carboxylic acids is 2. The Labute approximate surface area is 151 Å². The Kier molecular flexibility index (Phi) is 5.80. The number of piperidine rings is 2. The Morgan fingerprint density at radius 3 is 1.92 bits per heavy atom. The van der Waals surface area contributed by atoms with Gasteiger partial charge in [0.25, 0.3) is 0 Å². The SMILES string of the molecule is CC(C)(C)OC(=O)N1CCC(O)(C2CCN(C(=O)C(F)(F)F)CC2)CC1. The first-order valence-corrected chi connectivity index (χ1v) is 8.88. The molecule has 1 N–H and O–H groups in total. The first-order chi connectivity index (χ1) is 11.8. The van der Waals surface area contributed by atoms with Gasteiger partial charge in [0.05, 0.1) is 5.60 Å². The van der Waals surface area contributed by atoms with Crippen LogP contribution in [0.4, 0.5) is 18.0 Å². The van der Waals surface area contributed by atoms with Gasteiger partial charge >= 0.3 is 18.2 Å². The zero-order valence-electron chi connectivity index (χ0n) is 15.4. The summed E-state index contributed by atoms with van der Waals surface area (Å²) in [7, 11) is 0. The molecule has 26 heavy (non-hydrogen) atoms. The number of carbonyl (C=O) groups is 2. The number of ether oxygens (including phenoxy) is 1. The summed E-state index contributed by atoms with van der Waals surface area (Å²) in [6.07, 6.45) is -3.93. The Hall–Kier alpha value is -1.51. The molecule has 0 atom stereocenters. The summed E-state index contributed by atoms with van der Waals surface area (Å²) in [6, 6.07) is 0. The molecule has 0 saturated carbocycles. The predicted molar refractivity (Wildman–Crippen MR) is 87.3 cm³/mol. The molecule has 0 radical (unpaired) electrons. The highest BCUT2D eigenvalue weighted by atomic mass is 19.4. The highest BCUT2D eigenvalue weighted by Gasteiger charge is 2.46. The first-order valence-electron chi connectivity index (χ1n) is 8.88. The number of hydrogen-bond acceptors (Lipinski definition) is 4. The third-order valence-electron chi connectivity index (χ3n) is 5.07. The highest BCUT2D eigenvalue weighted by molar-refractivity contribution is 5.81. The number of aliphatic hydroxyl groups is 1. The van der Waals surface area contributed by atoms with Crippen molar-refractivity contribution >= 4 is 12.0 Å². The van der Waals surface area contributed by atoms with Crippen LogP contribution >= 0.6 is 0 Å². The number of alkyl halides is 3. The van der Waals surface area contributed by atoms with Gasteiger partial charge < -0.3 is 19.6 Å². The number of rotatable bonds is 1. The molecule has 0 aromatic rings. The van der Waals surface area contributed by atoms with Crippen molar-refractivity contribution in [1.29, 1.82) is 0 Å². The largest absolute Gasteiger partial charge is 0.471 e. The van der Waals surface area contributed by atoms with Gasteiger partial charge in [0, 0.05) is 26.2 Å². The molecule has 2 amide bonds. The minimum atomic E-state index is -4.86. The van der Waals surface area contributed by atoms with Gasteiger partial charge in [-0.25, -0.2) is 4.79 Å². The molecule has 0 spiro atoms. The Balaban J connectivity index is 1.86. The van der Waals surface area contributed by atoms with E-state index in [-0.39, 0.29) is 19.0 Å². The minimum Gasteiger partial charge on any atom is -0.444 e. The van der Waals surface area contributed by atoms with Gasteiger partial charge in [0.15, 0.2) is 0 Å². The summed E-state index contributed by atoms with van der Waals surface area (Å²) in [5, 5.41) is 10.9. The standard InChI is InChI=1S/C17H27F3N2O4/c1-15(2,3)26-14(24)22-10-6-16(25,7-11-22)12-4-8-21(9-5-12)13(23)17(18,19)20/h12,25H,4-11H2,1-3H3. The van der Waals surface area contributed by atoms with Crippen LogP contribution in [0.5, 0.6) is 0 Å². The van der Waals surface area contributed by atoms with E-state index in [9.17, 15) is 27.9 Å². The third-order valence-corrected chi connectivity index (χ3v) is 5.07. The topological polar surface area (TPSA) is 70.1 Å². The van der Waals surface area contributed by atoms with Crippen LogP contribution in [0.1, 0.15) is 46.5 Å². The fourth-order valence-corrected chi connectivity index (χ4v) is 3.61. The van der Waals surface area contributed by atoms with Gasteiger partial charge in [-0.3, -0.25) is 4.79 Å². The average Bonchev–Trinajstić information content (AvgIpc) is 2.52. The van der Waals surface area contributed by atoms with E-state index >= 15 is 0 Å². The van der Waals surface area contributed by atoms with Crippen LogP contribution in [0.3, 0.4) is 0 Å². The molecule has 2 rings (SSSR count). The second-order valence-corrected chi connectivity index (χ2v) is 8.14. The Morgan fingerprint density at radius 2 is 1.50 bits per heavy atom. The molecular weight excluding hydrogens is 353 g/mol. The molecule has 2 saturated heterocycles. The molecule has 9 heteroatoms. The quantitative estimate of drug-likeness (QED) is 0.759. The van der Waals surface area contributed by atoms with E-state index in [1.165, 1.54) is 0 Å². The Bertz CT molecular complexity index is 529. The van der Waals surface area contributed by atoms with Gasteiger partial charge in [-0.1, -0.05) is 0 Å². The molecule has 0 aromatic heterocycles. The van der Waals surface area contributed by atoms with Crippen molar-refractivity contribution in [2.75, 3.05) is 26.2 Å². The monoisotopic (exact) mass is 380 g/mol. The minimum absolute atomic E-state index is 0.0128. The maximum absolute atomic E-state index is 12.5. The lowest BCUT2D eigenvalue weighted by molar-refractivity contribution is -0.188. The fraction of sp³-hybridized carbons (Fsp3) is 0.882. The smallest absolute Gasteiger partial charge is 0.444 e. The number of halogens is 3. The number of likely N-dealkylation sites (tertiary alicyclic amines) is 2. The summed E-state index contributed by atoms with van der Waals surface area (Å²) in [4.78, 5) is 25.7. The van der Waals surface area contributed by atoms with E-state index < -0.39 is 29.4 Å². The van der Waals surface area contributed by atoms with E-state index in [1.807, 2.05) is 0 Å². The van der Waals surface area contributed by atoms with E-state index in [4.69, 9.17) is 4.74 Å². The van der Waals surface area contributed by atoms with Crippen molar-refractivity contribution in [2.24, 2.45) is 5.92 Å². The molecule has 2 heterocycles. The molecule has 0 aliphatic carbocycles. The third kappa shape index (κ3) is 5.02. The molecule has 2 aliphatic heterocycles. The molecule has 0 aromatic carbocycles. The van der Waals surface area contributed by atoms with E-state index in [0.717, 1.165) is 4.90 Å². The van der Waals surface area contributed by atoms with Crippen LogP contribution in [0, 0.1) is 5.92 Å². The lowest BCUT2D eigenvalue weighted by Crippen LogP contribution is -2.54. The molecule has 2 fully saturated rings. The van der Waals surface area contributed by atoms with Crippen molar-refractivity contribution < 1.29 is 32.6 Å². The van der Waals surface area contributed by atoms with Gasteiger partial charge in [-0.05, 0) is 52.4 Å². The van der Waals surface area contributed by atoms with Crippen molar-refractivity contribution in [1.82, 2.24) is 9.80 Å². The van der Waals surface area contributed by atoms with Gasteiger partial charge in [0.1, 0.15) is 5.60 Å².